The smallest absolute Gasteiger partial charge is 0.416 e. The standard InChI is InChI=1S/C25H21F6N5OS/c1-36(17-6-7-32-12-17)23-34-22(37)21(38-23)18(13-3-5-20-15(8-13)11-33-35-20)9-14-2-4-16(24(26,27)28)10-19(14)25(29,30)31/h2-5,8,10-11,17,32,37H,6-7,9,12H2,1H3. The van der Waals surface area contributed by atoms with Gasteiger partial charge in [0.05, 0.1) is 27.6 Å². The molecule has 6 nitrogen and oxygen atoms in total. The van der Waals surface area contributed by atoms with Crippen LogP contribution < -0.4 is 20.8 Å². The second kappa shape index (κ2) is 9.70. The van der Waals surface area contributed by atoms with Crippen LogP contribution in [0.25, 0.3) is 5.57 Å². The second-order valence-electron chi connectivity index (χ2n) is 9.05. The third-order valence-corrected chi connectivity index (χ3v) is 7.80. The number of hydrogen-bond acceptors (Lipinski definition) is 7. The van der Waals surface area contributed by atoms with Crippen LogP contribution in [-0.4, -0.2) is 42.5 Å². The van der Waals surface area contributed by atoms with E-state index in [1.165, 1.54) is 6.21 Å². The van der Waals surface area contributed by atoms with Crippen molar-refractivity contribution in [3.63, 3.8) is 0 Å². The zero-order valence-electron chi connectivity index (χ0n) is 19.9. The summed E-state index contributed by atoms with van der Waals surface area (Å²) in [6.07, 6.45) is -8.00. The molecule has 0 spiro atoms. The Balaban J connectivity index is 1.66. The van der Waals surface area contributed by atoms with Gasteiger partial charge in [-0.3, -0.25) is 0 Å². The van der Waals surface area contributed by atoms with Crippen LogP contribution in [0.5, 0.6) is 5.88 Å². The fraction of sp³-hybridized carbons (Fsp3) is 0.320. The summed E-state index contributed by atoms with van der Waals surface area (Å²) >= 11 is 1.11. The third-order valence-electron chi connectivity index (χ3n) is 6.60. The lowest BCUT2D eigenvalue weighted by Gasteiger charge is -2.22. The van der Waals surface area contributed by atoms with E-state index in [9.17, 15) is 31.4 Å². The van der Waals surface area contributed by atoms with Gasteiger partial charge in [0.15, 0.2) is 5.13 Å². The van der Waals surface area contributed by atoms with Crippen LogP contribution in [0, 0.1) is 0 Å². The molecule has 2 aliphatic heterocycles. The minimum absolute atomic E-state index is 0.125. The highest BCUT2D eigenvalue weighted by atomic mass is 32.1. The molecule has 3 heterocycles. The number of aromatic hydroxyl groups is 1. The van der Waals surface area contributed by atoms with Crippen LogP contribution in [0.2, 0.25) is 0 Å². The van der Waals surface area contributed by atoms with Crippen LogP contribution in [0.4, 0.5) is 31.5 Å². The molecule has 0 amide bonds. The molecule has 0 saturated carbocycles. The number of thiazole rings is 1. The van der Waals surface area contributed by atoms with Gasteiger partial charge in [0, 0.05) is 31.6 Å². The van der Waals surface area contributed by atoms with E-state index in [2.05, 4.69) is 20.5 Å². The van der Waals surface area contributed by atoms with Crippen LogP contribution in [0.15, 0.2) is 46.6 Å². The van der Waals surface area contributed by atoms with Crippen LogP contribution in [0.1, 0.15) is 33.6 Å². The molecule has 1 fully saturated rings. The molecule has 0 radical (unpaired) electrons. The number of halogens is 6. The van der Waals surface area contributed by atoms with E-state index in [1.807, 2.05) is 11.9 Å². The highest BCUT2D eigenvalue weighted by Gasteiger charge is 2.38. The number of benzene rings is 2. The molecule has 2 aromatic carbocycles. The summed E-state index contributed by atoms with van der Waals surface area (Å²) in [7, 11) is 1.82. The Kier molecular flexibility index (Phi) is 6.68. The number of nitrogens with one attached hydrogen (secondary N) is 1. The van der Waals surface area contributed by atoms with Crippen molar-refractivity contribution in [3.05, 3.63) is 74.1 Å². The first-order chi connectivity index (χ1) is 17.9. The summed E-state index contributed by atoms with van der Waals surface area (Å²) in [6.45, 7) is 1.55. The number of aromatic nitrogens is 1. The number of alkyl halides is 6. The molecule has 200 valence electrons. The monoisotopic (exact) mass is 553 g/mol. The number of anilines is 1. The molecule has 13 heteroatoms. The predicted molar refractivity (Wildman–Crippen MR) is 131 cm³/mol. The Labute approximate surface area is 216 Å². The van der Waals surface area contributed by atoms with Gasteiger partial charge < -0.3 is 15.3 Å². The molecule has 1 unspecified atom stereocenters. The maximum absolute atomic E-state index is 13.9. The number of likely N-dealkylation sites (N-methyl/N-ethyl adjacent to an activating group) is 1. The lowest BCUT2D eigenvalue weighted by Crippen LogP contribution is -2.33. The Bertz CT molecular complexity index is 1520. The summed E-state index contributed by atoms with van der Waals surface area (Å²) < 4.78 is 81.5. The average Bonchev–Trinajstić information content (AvgIpc) is 3.61. The first kappa shape index (κ1) is 26.2. The fourth-order valence-corrected chi connectivity index (χ4v) is 5.60. The summed E-state index contributed by atoms with van der Waals surface area (Å²) in [5.74, 6) is -0.364. The van der Waals surface area contributed by atoms with Crippen molar-refractivity contribution in [1.29, 1.82) is 0 Å². The number of nitrogens with zero attached hydrogens (tertiary/aromatic N) is 4. The van der Waals surface area contributed by atoms with Crippen LogP contribution >= 0.6 is 11.3 Å². The number of rotatable bonds is 5. The van der Waals surface area contributed by atoms with E-state index in [1.54, 1.807) is 18.2 Å². The minimum Gasteiger partial charge on any atom is -0.492 e. The zero-order valence-corrected chi connectivity index (χ0v) is 20.7. The maximum Gasteiger partial charge on any atom is 0.416 e. The quantitative estimate of drug-likeness (QED) is 0.467. The fourth-order valence-electron chi connectivity index (χ4n) is 4.54. The normalized spacial score (nSPS) is 17.9. The van der Waals surface area contributed by atoms with E-state index >= 15 is 0 Å². The zero-order chi connectivity index (χ0) is 27.2. The number of fused-ring (bicyclic) bond motifs is 1. The van der Waals surface area contributed by atoms with Gasteiger partial charge >= 0.3 is 12.4 Å². The Morgan fingerprint density at radius 2 is 1.89 bits per heavy atom. The number of hydrogen-bond donors (Lipinski definition) is 2. The van der Waals surface area contributed by atoms with E-state index in [-0.39, 0.29) is 34.0 Å². The summed E-state index contributed by atoms with van der Waals surface area (Å²) in [5.41, 5.74) is -2.22. The molecule has 38 heavy (non-hydrogen) atoms. The van der Waals surface area contributed by atoms with Crippen molar-refractivity contribution < 1.29 is 31.4 Å². The Morgan fingerprint density at radius 3 is 2.58 bits per heavy atom. The van der Waals surface area contributed by atoms with Gasteiger partial charge in [-0.25, -0.2) is 0 Å². The lowest BCUT2D eigenvalue weighted by atomic mass is 9.94. The molecule has 1 atom stereocenters. The van der Waals surface area contributed by atoms with Gasteiger partial charge in [0.1, 0.15) is 0 Å². The van der Waals surface area contributed by atoms with Crippen molar-refractivity contribution in [1.82, 2.24) is 10.3 Å². The third kappa shape index (κ3) is 5.12. The van der Waals surface area contributed by atoms with Gasteiger partial charge in [0.2, 0.25) is 5.88 Å². The van der Waals surface area contributed by atoms with Gasteiger partial charge in [-0.2, -0.15) is 41.5 Å². The molecule has 5 rings (SSSR count). The molecule has 1 saturated heterocycles. The summed E-state index contributed by atoms with van der Waals surface area (Å²) in [4.78, 5) is 6.40. The van der Waals surface area contributed by atoms with Crippen molar-refractivity contribution >= 4 is 28.3 Å². The first-order valence-corrected chi connectivity index (χ1v) is 12.4. The molecular weight excluding hydrogens is 532 g/mol. The van der Waals surface area contributed by atoms with E-state index in [4.69, 9.17) is 0 Å². The molecule has 2 N–H and O–H groups in total. The van der Waals surface area contributed by atoms with Gasteiger partial charge in [0.25, 0.3) is 0 Å². The highest BCUT2D eigenvalue weighted by molar-refractivity contribution is 7.17. The lowest BCUT2D eigenvalue weighted by molar-refractivity contribution is -0.143. The molecule has 0 aliphatic carbocycles. The molecule has 3 aromatic rings. The predicted octanol–water partition coefficient (Wildman–Crippen LogP) is 4.09. The minimum atomic E-state index is -5.03. The van der Waals surface area contributed by atoms with Crippen molar-refractivity contribution in [2.45, 2.75) is 31.2 Å². The summed E-state index contributed by atoms with van der Waals surface area (Å²) in [6, 6.07) is 6.67. The van der Waals surface area contributed by atoms with Gasteiger partial charge in [-0.1, -0.05) is 23.5 Å². The molecule has 1 aromatic heterocycles. The Morgan fingerprint density at radius 1 is 1.11 bits per heavy atom. The first-order valence-electron chi connectivity index (χ1n) is 11.6. The molecular formula is C25H21F6N5OS. The van der Waals surface area contributed by atoms with Gasteiger partial charge in [-0.05, 0) is 53.6 Å². The molecule has 2 aliphatic rings. The molecule has 0 bridgehead atoms. The average molecular weight is 554 g/mol. The SMILES string of the molecule is CN(c1nc(O)c(C(Cc2ccc(C(F)(F)F)cc2C(F)(F)F)=c2ccc3c(c2)C=NN=3)s1)C1CCNC1. The summed E-state index contributed by atoms with van der Waals surface area (Å²) in [5, 5.41) is 23.4. The van der Waals surface area contributed by atoms with E-state index in [0.29, 0.717) is 27.3 Å². The Hall–Kier alpha value is -3.45. The van der Waals surface area contributed by atoms with Gasteiger partial charge in [-0.15, -0.1) is 0 Å². The van der Waals surface area contributed by atoms with E-state index < -0.39 is 29.9 Å². The van der Waals surface area contributed by atoms with Crippen molar-refractivity contribution in [3.8, 4) is 5.88 Å². The highest BCUT2D eigenvalue weighted by Crippen LogP contribution is 2.41. The maximum atomic E-state index is 13.9. The largest absolute Gasteiger partial charge is 0.492 e. The van der Waals surface area contributed by atoms with Crippen LogP contribution in [0.3, 0.4) is 0 Å². The second-order valence-corrected chi connectivity index (χ2v) is 10.0. The van der Waals surface area contributed by atoms with Crippen molar-refractivity contribution in [2.75, 3.05) is 25.0 Å². The van der Waals surface area contributed by atoms with Crippen LogP contribution in [-0.2, 0) is 18.8 Å². The van der Waals surface area contributed by atoms with E-state index in [0.717, 1.165) is 36.9 Å². The van der Waals surface area contributed by atoms with Crippen molar-refractivity contribution in [2.24, 2.45) is 10.2 Å². The topological polar surface area (TPSA) is 73.1 Å².